The Balaban J connectivity index is 2.32. The smallest absolute Gasteiger partial charge is 0.266 e. The minimum Gasteiger partial charge on any atom is -0.496 e. The number of aliphatic imine (C=N–C) groups is 1. The van der Waals surface area contributed by atoms with E-state index in [2.05, 4.69) is 27.6 Å². The number of likely N-dealkylation sites (N-methyl/N-ethyl adjacent to an activating group) is 1. The average Bonchev–Trinajstić information content (AvgIpc) is 2.67. The molecule has 1 aromatic rings. The summed E-state index contributed by atoms with van der Waals surface area (Å²) < 4.78 is 6.23. The SMILES string of the molecule is CN=C1S/C(=C/c2ccc(OC)c(I)c2)C(=O)N1C. The zero-order valence-corrected chi connectivity index (χ0v) is 13.8. The van der Waals surface area contributed by atoms with E-state index >= 15 is 0 Å². The molecule has 6 heteroatoms. The Hall–Kier alpha value is -1.02. The van der Waals surface area contributed by atoms with Gasteiger partial charge in [-0.1, -0.05) is 6.07 Å². The zero-order valence-electron chi connectivity index (χ0n) is 10.8. The molecule has 0 aromatic heterocycles. The predicted octanol–water partition coefficient (Wildman–Crippen LogP) is 2.83. The van der Waals surface area contributed by atoms with Crippen molar-refractivity contribution in [3.63, 3.8) is 0 Å². The maximum Gasteiger partial charge on any atom is 0.266 e. The van der Waals surface area contributed by atoms with Crippen molar-refractivity contribution in [2.24, 2.45) is 4.99 Å². The van der Waals surface area contributed by atoms with Gasteiger partial charge in [-0.3, -0.25) is 14.7 Å². The van der Waals surface area contributed by atoms with E-state index in [1.165, 1.54) is 11.8 Å². The lowest BCUT2D eigenvalue weighted by Crippen LogP contribution is -2.23. The number of benzene rings is 1. The third kappa shape index (κ3) is 2.94. The van der Waals surface area contributed by atoms with Gasteiger partial charge in [-0.05, 0) is 58.1 Å². The van der Waals surface area contributed by atoms with E-state index in [0.29, 0.717) is 4.91 Å². The molecule has 0 spiro atoms. The van der Waals surface area contributed by atoms with Crippen molar-refractivity contribution < 1.29 is 9.53 Å². The maximum absolute atomic E-state index is 12.0. The lowest BCUT2D eigenvalue weighted by molar-refractivity contribution is -0.121. The van der Waals surface area contributed by atoms with Gasteiger partial charge in [-0.2, -0.15) is 0 Å². The van der Waals surface area contributed by atoms with E-state index in [4.69, 9.17) is 4.74 Å². The molecule has 4 nitrogen and oxygen atoms in total. The lowest BCUT2D eigenvalue weighted by Gasteiger charge is -2.05. The number of amidine groups is 1. The molecule has 1 fully saturated rings. The molecule has 0 bridgehead atoms. The fourth-order valence-corrected chi connectivity index (χ4v) is 3.36. The van der Waals surface area contributed by atoms with Gasteiger partial charge in [0.25, 0.3) is 5.91 Å². The molecule has 0 saturated carbocycles. The molecule has 19 heavy (non-hydrogen) atoms. The molecule has 100 valence electrons. The van der Waals surface area contributed by atoms with Gasteiger partial charge in [0.1, 0.15) is 5.75 Å². The van der Waals surface area contributed by atoms with Gasteiger partial charge in [0.05, 0.1) is 15.6 Å². The first kappa shape index (κ1) is 14.4. The molecule has 0 unspecified atom stereocenters. The minimum atomic E-state index is -0.0172. The first-order valence-electron chi connectivity index (χ1n) is 5.54. The molecule has 0 atom stereocenters. The van der Waals surface area contributed by atoms with Crippen molar-refractivity contribution in [3.8, 4) is 5.75 Å². The summed E-state index contributed by atoms with van der Waals surface area (Å²) in [6.07, 6.45) is 1.88. The van der Waals surface area contributed by atoms with Gasteiger partial charge in [-0.15, -0.1) is 0 Å². The number of carbonyl (C=O) groups is 1. The second-order valence-corrected chi connectivity index (χ2v) is 6.05. The number of hydrogen-bond donors (Lipinski definition) is 0. The number of ether oxygens (including phenoxy) is 1. The molecule has 0 N–H and O–H groups in total. The molecule has 0 aliphatic carbocycles. The van der Waals surface area contributed by atoms with E-state index in [9.17, 15) is 4.79 Å². The number of thioether (sulfide) groups is 1. The summed E-state index contributed by atoms with van der Waals surface area (Å²) in [6.45, 7) is 0. The summed E-state index contributed by atoms with van der Waals surface area (Å²) in [7, 11) is 5.06. The second kappa shape index (κ2) is 5.96. The largest absolute Gasteiger partial charge is 0.496 e. The first-order chi connectivity index (χ1) is 9.06. The van der Waals surface area contributed by atoms with Crippen LogP contribution in [-0.4, -0.2) is 37.2 Å². The van der Waals surface area contributed by atoms with Gasteiger partial charge in [0, 0.05) is 14.1 Å². The van der Waals surface area contributed by atoms with Crippen LogP contribution < -0.4 is 4.74 Å². The quantitative estimate of drug-likeness (QED) is 0.578. The monoisotopic (exact) mass is 388 g/mol. The molecular weight excluding hydrogens is 375 g/mol. The van der Waals surface area contributed by atoms with Crippen molar-refractivity contribution in [1.82, 2.24) is 4.90 Å². The fraction of sp³-hybridized carbons (Fsp3) is 0.231. The van der Waals surface area contributed by atoms with Crippen LogP contribution in [0.2, 0.25) is 0 Å². The minimum absolute atomic E-state index is 0.0172. The van der Waals surface area contributed by atoms with Crippen LogP contribution in [0.25, 0.3) is 6.08 Å². The summed E-state index contributed by atoms with van der Waals surface area (Å²) in [5.74, 6) is 0.817. The number of halogens is 1. The predicted molar refractivity (Wildman–Crippen MR) is 87.4 cm³/mol. The van der Waals surface area contributed by atoms with E-state index in [-0.39, 0.29) is 5.91 Å². The first-order valence-corrected chi connectivity index (χ1v) is 7.44. The topological polar surface area (TPSA) is 41.9 Å². The fourth-order valence-electron chi connectivity index (χ4n) is 1.67. The Labute approximate surface area is 130 Å². The third-order valence-electron chi connectivity index (χ3n) is 2.67. The van der Waals surface area contributed by atoms with E-state index in [1.54, 1.807) is 26.1 Å². The van der Waals surface area contributed by atoms with Crippen LogP contribution >= 0.6 is 34.4 Å². The number of amides is 1. The number of methoxy groups -OCH3 is 1. The highest BCUT2D eigenvalue weighted by atomic mass is 127. The van der Waals surface area contributed by atoms with Gasteiger partial charge in [-0.25, -0.2) is 0 Å². The Bertz CT molecular complexity index is 584. The van der Waals surface area contributed by atoms with Gasteiger partial charge < -0.3 is 4.74 Å². The van der Waals surface area contributed by atoms with Crippen LogP contribution in [0.3, 0.4) is 0 Å². The van der Waals surface area contributed by atoms with Crippen molar-refractivity contribution in [3.05, 3.63) is 32.2 Å². The number of carbonyl (C=O) groups excluding carboxylic acids is 1. The molecule has 1 aliphatic heterocycles. The van der Waals surface area contributed by atoms with Crippen LogP contribution in [-0.2, 0) is 4.79 Å². The Morgan fingerprint density at radius 2 is 2.21 bits per heavy atom. The molecule has 1 amide bonds. The molecular formula is C13H13IN2O2S. The van der Waals surface area contributed by atoms with Crippen LogP contribution in [0.4, 0.5) is 0 Å². The van der Waals surface area contributed by atoms with Crippen molar-refractivity contribution in [1.29, 1.82) is 0 Å². The molecule has 1 aromatic carbocycles. The number of hydrogen-bond acceptors (Lipinski definition) is 4. The standard InChI is InChI=1S/C13H13IN2O2S/c1-15-13-16(2)12(17)11(19-13)7-8-4-5-10(18-3)9(14)6-8/h4-7H,1-3H3/b11-7+,15-13?. The van der Waals surface area contributed by atoms with Crippen molar-refractivity contribution in [2.75, 3.05) is 21.2 Å². The molecule has 1 heterocycles. The average molecular weight is 388 g/mol. The van der Waals surface area contributed by atoms with E-state index in [0.717, 1.165) is 20.1 Å². The van der Waals surface area contributed by atoms with Gasteiger partial charge >= 0.3 is 0 Å². The molecule has 1 saturated heterocycles. The maximum atomic E-state index is 12.0. The highest BCUT2D eigenvalue weighted by Crippen LogP contribution is 2.32. The normalized spacial score (nSPS) is 19.6. The Morgan fingerprint density at radius 1 is 1.47 bits per heavy atom. The summed E-state index contributed by atoms with van der Waals surface area (Å²) in [5, 5.41) is 0.722. The second-order valence-electron chi connectivity index (χ2n) is 3.87. The summed E-state index contributed by atoms with van der Waals surface area (Å²) in [4.78, 5) is 18.3. The van der Waals surface area contributed by atoms with E-state index in [1.807, 2.05) is 24.3 Å². The van der Waals surface area contributed by atoms with Crippen molar-refractivity contribution >= 4 is 51.5 Å². The third-order valence-corrected chi connectivity index (χ3v) is 4.66. The lowest BCUT2D eigenvalue weighted by atomic mass is 10.2. The highest BCUT2D eigenvalue weighted by Gasteiger charge is 2.29. The zero-order chi connectivity index (χ0) is 14.0. The summed E-state index contributed by atoms with van der Waals surface area (Å²) in [5.41, 5.74) is 0.979. The van der Waals surface area contributed by atoms with Crippen LogP contribution in [0.15, 0.2) is 28.1 Å². The molecule has 0 radical (unpaired) electrons. The number of nitrogens with zero attached hydrogens (tertiary/aromatic N) is 2. The van der Waals surface area contributed by atoms with E-state index < -0.39 is 0 Å². The summed E-state index contributed by atoms with van der Waals surface area (Å²) >= 11 is 3.60. The summed E-state index contributed by atoms with van der Waals surface area (Å²) in [6, 6.07) is 5.82. The van der Waals surface area contributed by atoms with Crippen LogP contribution in [0, 0.1) is 3.57 Å². The van der Waals surface area contributed by atoms with Gasteiger partial charge in [0.15, 0.2) is 5.17 Å². The molecule has 1 aliphatic rings. The highest BCUT2D eigenvalue weighted by molar-refractivity contribution is 14.1. The Morgan fingerprint density at radius 3 is 2.74 bits per heavy atom. The van der Waals surface area contributed by atoms with Gasteiger partial charge in [0.2, 0.25) is 0 Å². The number of rotatable bonds is 2. The van der Waals surface area contributed by atoms with Crippen LogP contribution in [0.5, 0.6) is 5.75 Å². The van der Waals surface area contributed by atoms with Crippen molar-refractivity contribution in [2.45, 2.75) is 0 Å². The molecule has 2 rings (SSSR count). The Kier molecular flexibility index (Phi) is 4.51. The van der Waals surface area contributed by atoms with Crippen LogP contribution in [0.1, 0.15) is 5.56 Å².